The summed E-state index contributed by atoms with van der Waals surface area (Å²) < 4.78 is 0. The van der Waals surface area contributed by atoms with Gasteiger partial charge in [-0.1, -0.05) is 17.7 Å². The van der Waals surface area contributed by atoms with Gasteiger partial charge in [-0.05, 0) is 50.9 Å². The molecule has 0 aliphatic rings. The summed E-state index contributed by atoms with van der Waals surface area (Å²) in [6.45, 7) is 6.15. The molecule has 0 fully saturated rings. The topological polar surface area (TPSA) is 75.3 Å². The average molecular weight is 250 g/mol. The summed E-state index contributed by atoms with van der Waals surface area (Å²) >= 11 is 0. The van der Waals surface area contributed by atoms with Crippen molar-refractivity contribution in [2.75, 3.05) is 7.05 Å². The van der Waals surface area contributed by atoms with Crippen molar-refractivity contribution in [2.24, 2.45) is 5.73 Å². The fraction of sp³-hybridized carbons (Fsp3) is 0.500. The highest BCUT2D eigenvalue weighted by Gasteiger charge is 2.21. The summed E-state index contributed by atoms with van der Waals surface area (Å²) in [5.74, 6) is -0.960. The van der Waals surface area contributed by atoms with Gasteiger partial charge in [0.2, 0.25) is 0 Å². The smallest absolute Gasteiger partial charge is 0.320 e. The number of carboxylic acids is 1. The molecule has 1 rings (SSSR count). The molecule has 4 N–H and O–H groups in total. The van der Waals surface area contributed by atoms with Gasteiger partial charge in [0.05, 0.1) is 0 Å². The van der Waals surface area contributed by atoms with Crippen LogP contribution < -0.4 is 11.1 Å². The number of carboxylic acid groups (broad SMARTS) is 1. The third-order valence-corrected chi connectivity index (χ3v) is 3.24. The molecule has 0 bridgehead atoms. The summed E-state index contributed by atoms with van der Waals surface area (Å²) in [5.41, 5.74) is 10.3. The van der Waals surface area contributed by atoms with Crippen LogP contribution in [0.15, 0.2) is 12.1 Å². The molecular weight excluding hydrogens is 228 g/mol. The molecule has 2 atom stereocenters. The molecule has 0 amide bonds. The van der Waals surface area contributed by atoms with Gasteiger partial charge in [-0.2, -0.15) is 0 Å². The van der Waals surface area contributed by atoms with Gasteiger partial charge >= 0.3 is 5.97 Å². The lowest BCUT2D eigenvalue weighted by molar-refractivity contribution is -0.138. The molecule has 0 aromatic heterocycles. The van der Waals surface area contributed by atoms with Crippen molar-refractivity contribution in [3.63, 3.8) is 0 Å². The van der Waals surface area contributed by atoms with E-state index in [0.717, 1.165) is 5.56 Å². The molecule has 2 unspecified atom stereocenters. The second kappa shape index (κ2) is 5.98. The van der Waals surface area contributed by atoms with Crippen LogP contribution in [0.5, 0.6) is 0 Å². The van der Waals surface area contributed by atoms with Gasteiger partial charge in [0.15, 0.2) is 0 Å². The number of carbonyl (C=O) groups is 1. The number of nitrogens with one attached hydrogen (secondary N) is 1. The number of hydrogen-bond donors (Lipinski definition) is 3. The molecule has 0 aliphatic carbocycles. The lowest BCUT2D eigenvalue weighted by Gasteiger charge is -2.23. The van der Waals surface area contributed by atoms with E-state index in [0.29, 0.717) is 6.42 Å². The van der Waals surface area contributed by atoms with E-state index in [1.54, 1.807) is 0 Å². The predicted octanol–water partition coefficient (Wildman–Crippen LogP) is 1.67. The largest absolute Gasteiger partial charge is 0.480 e. The second-order valence-electron chi connectivity index (χ2n) is 4.83. The molecule has 4 heteroatoms. The highest BCUT2D eigenvalue weighted by molar-refractivity contribution is 5.73. The Kier molecular flexibility index (Phi) is 4.87. The minimum absolute atomic E-state index is 0.0308. The van der Waals surface area contributed by atoms with Crippen molar-refractivity contribution in [2.45, 2.75) is 39.3 Å². The number of aliphatic carboxylic acids is 1. The zero-order valence-corrected chi connectivity index (χ0v) is 11.4. The number of nitrogens with two attached hydrogens (primary N) is 1. The van der Waals surface area contributed by atoms with Crippen molar-refractivity contribution in [1.29, 1.82) is 0 Å². The minimum atomic E-state index is -0.960. The van der Waals surface area contributed by atoms with Crippen LogP contribution in [0.3, 0.4) is 0 Å². The fourth-order valence-electron chi connectivity index (χ4n) is 2.48. The molecule has 1 aromatic rings. The van der Waals surface area contributed by atoms with Gasteiger partial charge in [0.25, 0.3) is 0 Å². The van der Waals surface area contributed by atoms with E-state index in [9.17, 15) is 4.79 Å². The van der Waals surface area contributed by atoms with Gasteiger partial charge < -0.3 is 16.2 Å². The average Bonchev–Trinajstić information content (AvgIpc) is 2.25. The Hall–Kier alpha value is -1.39. The lowest BCUT2D eigenvalue weighted by Crippen LogP contribution is -2.35. The van der Waals surface area contributed by atoms with Crippen LogP contribution in [0.25, 0.3) is 0 Å². The van der Waals surface area contributed by atoms with E-state index in [4.69, 9.17) is 10.8 Å². The normalized spacial score (nSPS) is 14.3. The summed E-state index contributed by atoms with van der Waals surface area (Å²) in [6.07, 6.45) is 0.385. The van der Waals surface area contributed by atoms with E-state index in [-0.39, 0.29) is 6.04 Å². The minimum Gasteiger partial charge on any atom is -0.480 e. The zero-order chi connectivity index (χ0) is 13.9. The second-order valence-corrected chi connectivity index (χ2v) is 4.83. The number of benzene rings is 1. The number of rotatable bonds is 5. The molecule has 0 aliphatic heterocycles. The van der Waals surface area contributed by atoms with E-state index >= 15 is 0 Å². The third-order valence-electron chi connectivity index (χ3n) is 3.24. The van der Waals surface area contributed by atoms with Gasteiger partial charge in [-0.3, -0.25) is 4.79 Å². The van der Waals surface area contributed by atoms with Crippen LogP contribution in [-0.4, -0.2) is 24.2 Å². The van der Waals surface area contributed by atoms with E-state index in [1.165, 1.54) is 16.7 Å². The first-order valence-electron chi connectivity index (χ1n) is 6.10. The quantitative estimate of drug-likeness (QED) is 0.743. The molecule has 0 spiro atoms. The molecular formula is C14H22N2O2. The van der Waals surface area contributed by atoms with Gasteiger partial charge in [0, 0.05) is 6.04 Å². The lowest BCUT2D eigenvalue weighted by atomic mass is 9.90. The van der Waals surface area contributed by atoms with Crippen LogP contribution in [0.2, 0.25) is 0 Å². The zero-order valence-electron chi connectivity index (χ0n) is 11.4. The van der Waals surface area contributed by atoms with Crippen LogP contribution in [-0.2, 0) is 4.79 Å². The molecule has 0 radical (unpaired) electrons. The van der Waals surface area contributed by atoms with E-state index < -0.39 is 12.0 Å². The third kappa shape index (κ3) is 3.31. The van der Waals surface area contributed by atoms with Crippen molar-refractivity contribution in [1.82, 2.24) is 5.32 Å². The maximum Gasteiger partial charge on any atom is 0.320 e. The first kappa shape index (κ1) is 14.7. The van der Waals surface area contributed by atoms with Crippen LogP contribution in [0, 0.1) is 20.8 Å². The van der Waals surface area contributed by atoms with Gasteiger partial charge in [-0.15, -0.1) is 0 Å². The Bertz CT molecular complexity index is 420. The Morgan fingerprint density at radius 1 is 1.33 bits per heavy atom. The molecule has 100 valence electrons. The summed E-state index contributed by atoms with van der Waals surface area (Å²) in [4.78, 5) is 10.9. The van der Waals surface area contributed by atoms with Crippen molar-refractivity contribution >= 4 is 5.97 Å². The molecule has 1 aromatic carbocycles. The first-order chi connectivity index (χ1) is 8.36. The summed E-state index contributed by atoms with van der Waals surface area (Å²) in [7, 11) is 1.83. The summed E-state index contributed by atoms with van der Waals surface area (Å²) in [5, 5.41) is 12.1. The fourth-order valence-corrected chi connectivity index (χ4v) is 2.48. The highest BCUT2D eigenvalue weighted by atomic mass is 16.4. The number of aryl methyl sites for hydroxylation is 3. The van der Waals surface area contributed by atoms with Crippen molar-refractivity contribution in [3.8, 4) is 0 Å². The Balaban J connectivity index is 3.06. The SMILES string of the molecule is CNC(CC(N)C(=O)O)c1c(C)cc(C)cc1C. The first-order valence-corrected chi connectivity index (χ1v) is 6.10. The van der Waals surface area contributed by atoms with Crippen LogP contribution in [0.4, 0.5) is 0 Å². The Morgan fingerprint density at radius 2 is 1.83 bits per heavy atom. The van der Waals surface area contributed by atoms with E-state index in [1.807, 2.05) is 20.9 Å². The molecule has 0 heterocycles. The van der Waals surface area contributed by atoms with Gasteiger partial charge in [-0.25, -0.2) is 0 Å². The van der Waals surface area contributed by atoms with Crippen molar-refractivity contribution in [3.05, 3.63) is 34.4 Å². The van der Waals surface area contributed by atoms with Crippen LogP contribution >= 0.6 is 0 Å². The Labute approximate surface area is 108 Å². The standard InChI is InChI=1S/C14H22N2O2/c1-8-5-9(2)13(10(3)6-8)12(16-4)7-11(15)14(17)18/h5-6,11-12,16H,7,15H2,1-4H3,(H,17,18). The molecule has 0 saturated carbocycles. The van der Waals surface area contributed by atoms with Gasteiger partial charge in [0.1, 0.15) is 6.04 Å². The van der Waals surface area contributed by atoms with E-state index in [2.05, 4.69) is 24.4 Å². The van der Waals surface area contributed by atoms with Crippen molar-refractivity contribution < 1.29 is 9.90 Å². The summed E-state index contributed by atoms with van der Waals surface area (Å²) in [6, 6.07) is 3.34. The monoisotopic (exact) mass is 250 g/mol. The van der Waals surface area contributed by atoms with Crippen LogP contribution in [0.1, 0.15) is 34.7 Å². The predicted molar refractivity (Wildman–Crippen MR) is 72.7 cm³/mol. The highest BCUT2D eigenvalue weighted by Crippen LogP contribution is 2.26. The molecule has 0 saturated heterocycles. The molecule has 4 nitrogen and oxygen atoms in total. The number of hydrogen-bond acceptors (Lipinski definition) is 3. The maximum absolute atomic E-state index is 10.9. The Morgan fingerprint density at radius 3 is 2.22 bits per heavy atom. The molecule has 18 heavy (non-hydrogen) atoms. The maximum atomic E-state index is 10.9.